The molecule has 2 aromatic rings. The van der Waals surface area contributed by atoms with Crippen molar-refractivity contribution in [2.75, 3.05) is 0 Å². The summed E-state index contributed by atoms with van der Waals surface area (Å²) in [4.78, 5) is 0. The second-order valence-corrected chi connectivity index (χ2v) is 9.00. The second kappa shape index (κ2) is 6.88. The van der Waals surface area contributed by atoms with Crippen LogP contribution < -0.4 is 0 Å². The maximum atomic E-state index is 9.85. The Morgan fingerprint density at radius 2 is 1.89 bits per heavy atom. The third kappa shape index (κ3) is 2.88. The molecule has 0 aliphatic heterocycles. The minimum atomic E-state index is 0.198. The number of rotatable bonds is 2. The van der Waals surface area contributed by atoms with E-state index in [0.29, 0.717) is 17.6 Å². The van der Waals surface area contributed by atoms with E-state index >= 15 is 0 Å². The van der Waals surface area contributed by atoms with Crippen LogP contribution in [0, 0.1) is 17.3 Å². The largest absolute Gasteiger partial charge is 0.508 e. The lowest BCUT2D eigenvalue weighted by molar-refractivity contribution is 0.0955. The molecule has 3 aliphatic carbocycles. The third-order valence-electron chi connectivity index (χ3n) is 7.64. The van der Waals surface area contributed by atoms with Crippen LogP contribution in [0.2, 0.25) is 0 Å². The van der Waals surface area contributed by atoms with Gasteiger partial charge in [0.2, 0.25) is 0 Å². The highest BCUT2D eigenvalue weighted by Crippen LogP contribution is 2.60. The van der Waals surface area contributed by atoms with E-state index < -0.39 is 0 Å². The number of aromatic hydroxyl groups is 1. The molecular formula is C25H28N2O. The topological polar surface area (TPSA) is 45.0 Å². The predicted octanol–water partition coefficient (Wildman–Crippen LogP) is 5.72. The second-order valence-electron chi connectivity index (χ2n) is 9.00. The van der Waals surface area contributed by atoms with E-state index in [1.165, 1.54) is 42.5 Å². The number of phenols is 1. The zero-order chi connectivity index (χ0) is 19.1. The molecule has 4 unspecified atom stereocenters. The Labute approximate surface area is 167 Å². The molecule has 0 aromatic heterocycles. The number of aryl methyl sites for hydroxylation is 1. The van der Waals surface area contributed by atoms with Crippen LogP contribution in [0.4, 0.5) is 0 Å². The number of hydrogen-bond donors (Lipinski definition) is 1. The van der Waals surface area contributed by atoms with Gasteiger partial charge >= 0.3 is 0 Å². The van der Waals surface area contributed by atoms with E-state index in [4.69, 9.17) is 5.10 Å². The fraction of sp³-hybridized carbons (Fsp3) is 0.440. The highest BCUT2D eigenvalue weighted by Gasteiger charge is 2.53. The van der Waals surface area contributed by atoms with Crippen LogP contribution in [-0.4, -0.2) is 17.0 Å². The lowest BCUT2D eigenvalue weighted by Crippen LogP contribution is -2.42. The van der Waals surface area contributed by atoms with Crippen molar-refractivity contribution in [2.45, 2.75) is 51.4 Å². The van der Waals surface area contributed by atoms with Gasteiger partial charge in [0.1, 0.15) is 5.75 Å². The highest BCUT2D eigenvalue weighted by molar-refractivity contribution is 5.93. The van der Waals surface area contributed by atoms with Crippen LogP contribution >= 0.6 is 0 Å². The first-order valence-electron chi connectivity index (χ1n) is 10.6. The van der Waals surface area contributed by atoms with Crippen molar-refractivity contribution >= 4 is 11.9 Å². The summed E-state index contributed by atoms with van der Waals surface area (Å²) in [5.74, 6) is 2.50. The summed E-state index contributed by atoms with van der Waals surface area (Å²) in [5, 5.41) is 19.0. The SMILES string of the molecule is CC12CCC3c4ccc(O)cc4CCC3C1CCC2=NN=Cc1ccccc1. The monoisotopic (exact) mass is 372 g/mol. The van der Waals surface area contributed by atoms with Gasteiger partial charge in [-0.05, 0) is 85.1 Å². The minimum Gasteiger partial charge on any atom is -0.508 e. The lowest BCUT2D eigenvalue weighted by atomic mass is 9.55. The Balaban J connectivity index is 1.39. The first-order chi connectivity index (χ1) is 13.6. The summed E-state index contributed by atoms with van der Waals surface area (Å²) in [6.07, 6.45) is 8.94. The molecule has 0 spiro atoms. The van der Waals surface area contributed by atoms with E-state index in [1.54, 1.807) is 0 Å². The van der Waals surface area contributed by atoms with Crippen molar-refractivity contribution in [3.8, 4) is 5.75 Å². The Morgan fingerprint density at radius 3 is 2.75 bits per heavy atom. The maximum Gasteiger partial charge on any atom is 0.115 e. The van der Waals surface area contributed by atoms with E-state index in [2.05, 4.69) is 30.2 Å². The predicted molar refractivity (Wildman–Crippen MR) is 114 cm³/mol. The quantitative estimate of drug-likeness (QED) is 0.531. The molecule has 0 saturated heterocycles. The minimum absolute atomic E-state index is 0.198. The summed E-state index contributed by atoms with van der Waals surface area (Å²) < 4.78 is 0. The molecule has 0 bridgehead atoms. The zero-order valence-corrected chi connectivity index (χ0v) is 16.5. The smallest absolute Gasteiger partial charge is 0.115 e. The Bertz CT molecular complexity index is 933. The van der Waals surface area contributed by atoms with Gasteiger partial charge in [-0.1, -0.05) is 43.3 Å². The van der Waals surface area contributed by atoms with E-state index in [-0.39, 0.29) is 5.41 Å². The van der Waals surface area contributed by atoms with Crippen molar-refractivity contribution in [1.82, 2.24) is 0 Å². The van der Waals surface area contributed by atoms with Gasteiger partial charge in [-0.15, -0.1) is 0 Å². The van der Waals surface area contributed by atoms with Crippen LogP contribution in [0.15, 0.2) is 58.7 Å². The molecule has 1 N–H and O–H groups in total. The van der Waals surface area contributed by atoms with Gasteiger partial charge < -0.3 is 5.11 Å². The standard InChI is InChI=1S/C25H28N2O/c1-25-14-13-21-20-10-8-19(28)15-18(20)7-9-22(21)23(25)11-12-24(25)27-26-16-17-5-3-2-4-6-17/h2-6,8,10,15-16,21-23,28H,7,9,11-14H2,1H3. The van der Waals surface area contributed by atoms with Gasteiger partial charge in [-0.2, -0.15) is 10.2 Å². The normalized spacial score (nSPS) is 32.9. The molecule has 3 aliphatic rings. The first-order valence-corrected chi connectivity index (χ1v) is 10.6. The molecule has 144 valence electrons. The highest BCUT2D eigenvalue weighted by atomic mass is 16.3. The molecule has 3 nitrogen and oxygen atoms in total. The summed E-state index contributed by atoms with van der Waals surface area (Å²) in [6.45, 7) is 2.43. The zero-order valence-electron chi connectivity index (χ0n) is 16.5. The van der Waals surface area contributed by atoms with Crippen LogP contribution in [0.3, 0.4) is 0 Å². The fourth-order valence-corrected chi connectivity index (χ4v) is 6.23. The van der Waals surface area contributed by atoms with Gasteiger partial charge in [-0.25, -0.2) is 0 Å². The molecule has 2 aromatic carbocycles. The third-order valence-corrected chi connectivity index (χ3v) is 7.64. The number of nitrogens with zero attached hydrogens (tertiary/aromatic N) is 2. The van der Waals surface area contributed by atoms with Crippen LogP contribution in [0.1, 0.15) is 61.6 Å². The van der Waals surface area contributed by atoms with Crippen molar-refractivity contribution in [3.05, 3.63) is 65.2 Å². The Kier molecular flexibility index (Phi) is 4.34. The molecular weight excluding hydrogens is 344 g/mol. The average molecular weight is 373 g/mol. The van der Waals surface area contributed by atoms with Crippen LogP contribution in [0.5, 0.6) is 5.75 Å². The van der Waals surface area contributed by atoms with Crippen molar-refractivity contribution in [1.29, 1.82) is 0 Å². The number of benzene rings is 2. The van der Waals surface area contributed by atoms with Crippen molar-refractivity contribution in [2.24, 2.45) is 27.5 Å². The molecule has 0 radical (unpaired) electrons. The Morgan fingerprint density at radius 1 is 1.04 bits per heavy atom. The van der Waals surface area contributed by atoms with E-state index in [1.807, 2.05) is 36.5 Å². The Hall–Kier alpha value is -2.42. The molecule has 0 heterocycles. The van der Waals surface area contributed by atoms with Gasteiger partial charge in [0.05, 0.1) is 6.21 Å². The molecule has 3 heteroatoms. The van der Waals surface area contributed by atoms with Gasteiger partial charge in [0.15, 0.2) is 0 Å². The lowest BCUT2D eigenvalue weighted by Gasteiger charge is -2.49. The van der Waals surface area contributed by atoms with Crippen molar-refractivity contribution in [3.63, 3.8) is 0 Å². The molecule has 2 saturated carbocycles. The molecule has 5 rings (SSSR count). The summed E-state index contributed by atoms with van der Waals surface area (Å²) in [6, 6.07) is 16.2. The molecule has 2 fully saturated rings. The van der Waals surface area contributed by atoms with Crippen LogP contribution in [0.25, 0.3) is 0 Å². The number of hydrogen-bond acceptors (Lipinski definition) is 3. The van der Waals surface area contributed by atoms with Crippen LogP contribution in [-0.2, 0) is 6.42 Å². The summed E-state index contributed by atoms with van der Waals surface area (Å²) in [5.41, 5.74) is 5.46. The van der Waals surface area contributed by atoms with Gasteiger partial charge in [-0.3, -0.25) is 0 Å². The van der Waals surface area contributed by atoms with Gasteiger partial charge in [0, 0.05) is 11.1 Å². The summed E-state index contributed by atoms with van der Waals surface area (Å²) in [7, 11) is 0. The van der Waals surface area contributed by atoms with Crippen molar-refractivity contribution < 1.29 is 5.11 Å². The molecule has 28 heavy (non-hydrogen) atoms. The van der Waals surface area contributed by atoms with Gasteiger partial charge in [0.25, 0.3) is 0 Å². The number of phenolic OH excluding ortho intramolecular Hbond substituents is 1. The number of fused-ring (bicyclic) bond motifs is 5. The average Bonchev–Trinajstić information content (AvgIpc) is 3.05. The van der Waals surface area contributed by atoms with E-state index in [9.17, 15) is 5.11 Å². The summed E-state index contributed by atoms with van der Waals surface area (Å²) >= 11 is 0. The fourth-order valence-electron chi connectivity index (χ4n) is 6.23. The molecule has 4 atom stereocenters. The van der Waals surface area contributed by atoms with E-state index in [0.717, 1.165) is 24.3 Å². The maximum absolute atomic E-state index is 9.85. The molecule has 0 amide bonds. The first kappa shape index (κ1) is 17.7.